The van der Waals surface area contributed by atoms with Crippen molar-refractivity contribution in [3.05, 3.63) is 29.8 Å². The van der Waals surface area contributed by atoms with Crippen molar-refractivity contribution in [1.29, 1.82) is 0 Å². The van der Waals surface area contributed by atoms with E-state index in [4.69, 9.17) is 20.7 Å². The van der Waals surface area contributed by atoms with Gasteiger partial charge in [0.05, 0.1) is 6.61 Å². The normalized spacial score (nSPS) is 13.2. The molecule has 0 fully saturated rings. The molecule has 1 aromatic carbocycles. The summed E-state index contributed by atoms with van der Waals surface area (Å²) in [6.07, 6.45) is -1.66. The third-order valence-corrected chi connectivity index (χ3v) is 2.53. The van der Waals surface area contributed by atoms with Gasteiger partial charge in [0.1, 0.15) is 6.04 Å². The van der Waals surface area contributed by atoms with Crippen molar-refractivity contribution in [2.45, 2.75) is 25.7 Å². The number of aliphatic carboxylic acids is 2. The highest BCUT2D eigenvalue weighted by atomic mass is 16.5. The largest absolute Gasteiger partial charge is 0.480 e. The molecule has 114 valence electrons. The maximum Gasteiger partial charge on any atom is 0.335 e. The zero-order chi connectivity index (χ0) is 16.0. The van der Waals surface area contributed by atoms with E-state index in [1.165, 1.54) is 6.92 Å². The van der Waals surface area contributed by atoms with Crippen LogP contribution in [0.3, 0.4) is 0 Å². The van der Waals surface area contributed by atoms with E-state index in [9.17, 15) is 14.4 Å². The molecule has 1 amide bonds. The molecule has 0 radical (unpaired) electrons. The van der Waals surface area contributed by atoms with Crippen LogP contribution in [-0.4, -0.2) is 40.2 Å². The first-order chi connectivity index (χ1) is 9.81. The van der Waals surface area contributed by atoms with Crippen LogP contribution < -0.4 is 11.1 Å². The number of rotatable bonds is 7. The first-order valence-corrected chi connectivity index (χ1v) is 6.00. The fraction of sp³-hybridized carbons (Fsp3) is 0.308. The average molecular weight is 296 g/mol. The highest BCUT2D eigenvalue weighted by molar-refractivity contribution is 5.88. The van der Waals surface area contributed by atoms with Crippen LogP contribution in [0.1, 0.15) is 12.5 Å². The summed E-state index contributed by atoms with van der Waals surface area (Å²) in [5.74, 6) is -3.17. The van der Waals surface area contributed by atoms with Gasteiger partial charge in [0.15, 0.2) is 6.10 Å². The van der Waals surface area contributed by atoms with Crippen LogP contribution >= 0.6 is 0 Å². The van der Waals surface area contributed by atoms with Crippen LogP contribution in [0, 0.1) is 0 Å². The van der Waals surface area contributed by atoms with Crippen molar-refractivity contribution >= 4 is 23.5 Å². The fourth-order valence-electron chi connectivity index (χ4n) is 1.59. The van der Waals surface area contributed by atoms with Gasteiger partial charge in [-0.1, -0.05) is 12.1 Å². The second-order valence-electron chi connectivity index (χ2n) is 4.32. The molecule has 8 nitrogen and oxygen atoms in total. The average Bonchev–Trinajstić information content (AvgIpc) is 2.37. The minimum Gasteiger partial charge on any atom is -0.480 e. The van der Waals surface area contributed by atoms with Crippen molar-refractivity contribution in [2.75, 3.05) is 5.32 Å². The van der Waals surface area contributed by atoms with E-state index in [0.29, 0.717) is 11.3 Å². The molecule has 0 aromatic heterocycles. The zero-order valence-corrected chi connectivity index (χ0v) is 11.3. The van der Waals surface area contributed by atoms with Crippen LogP contribution in [0.5, 0.6) is 0 Å². The van der Waals surface area contributed by atoms with Crippen molar-refractivity contribution in [2.24, 2.45) is 5.73 Å². The summed E-state index contributed by atoms with van der Waals surface area (Å²) in [5, 5.41) is 20.2. The summed E-state index contributed by atoms with van der Waals surface area (Å²) in [6, 6.07) is 4.88. The molecule has 1 rings (SSSR count). The lowest BCUT2D eigenvalue weighted by molar-refractivity contribution is -0.159. The van der Waals surface area contributed by atoms with Gasteiger partial charge in [0.25, 0.3) is 0 Å². The summed E-state index contributed by atoms with van der Waals surface area (Å²) in [6.45, 7) is 1.21. The quantitative estimate of drug-likeness (QED) is 0.556. The van der Waals surface area contributed by atoms with E-state index < -0.39 is 24.1 Å². The van der Waals surface area contributed by atoms with Gasteiger partial charge in [-0.05, 0) is 17.7 Å². The van der Waals surface area contributed by atoms with Gasteiger partial charge in [-0.15, -0.1) is 0 Å². The summed E-state index contributed by atoms with van der Waals surface area (Å²) < 4.78 is 5.05. The second kappa shape index (κ2) is 7.36. The summed E-state index contributed by atoms with van der Waals surface area (Å²) >= 11 is 0. The summed E-state index contributed by atoms with van der Waals surface area (Å²) in [4.78, 5) is 32.6. The highest BCUT2D eigenvalue weighted by Crippen LogP contribution is 2.13. The van der Waals surface area contributed by atoms with Gasteiger partial charge in [-0.2, -0.15) is 0 Å². The van der Waals surface area contributed by atoms with Gasteiger partial charge in [0.2, 0.25) is 5.91 Å². The molecule has 0 aliphatic carbocycles. The number of carbonyl (C=O) groups excluding carboxylic acids is 1. The number of carbonyl (C=O) groups is 3. The lowest BCUT2D eigenvalue weighted by Gasteiger charge is -2.17. The summed E-state index contributed by atoms with van der Waals surface area (Å²) in [7, 11) is 0. The van der Waals surface area contributed by atoms with Crippen molar-refractivity contribution < 1.29 is 29.3 Å². The Labute approximate surface area is 120 Å². The molecule has 0 aliphatic heterocycles. The van der Waals surface area contributed by atoms with Crippen molar-refractivity contribution in [3.63, 3.8) is 0 Å². The molecule has 8 heteroatoms. The number of amides is 1. The van der Waals surface area contributed by atoms with Crippen LogP contribution in [-0.2, 0) is 25.7 Å². The van der Waals surface area contributed by atoms with Crippen LogP contribution in [0.25, 0.3) is 0 Å². The molecule has 2 atom stereocenters. The Bertz CT molecular complexity index is 545. The minimum atomic E-state index is -1.67. The molecule has 0 saturated carbocycles. The third kappa shape index (κ3) is 5.21. The lowest BCUT2D eigenvalue weighted by Crippen LogP contribution is -2.47. The Morgan fingerprint density at radius 3 is 2.48 bits per heavy atom. The van der Waals surface area contributed by atoms with E-state index >= 15 is 0 Å². The standard InChI is InChI=1S/C13H16N2O6/c1-7(16)15-9-4-2-3-8(5-9)6-21-11(13(19)20)10(14)12(17)18/h2-5,10-11H,6,14H2,1H3,(H,15,16)(H,17,18)(H,19,20)/t10-,11-/m0/s1. The first-order valence-electron chi connectivity index (χ1n) is 6.00. The molecular weight excluding hydrogens is 280 g/mol. The third-order valence-electron chi connectivity index (χ3n) is 2.53. The Kier molecular flexibility index (Phi) is 5.82. The molecule has 0 saturated heterocycles. The molecule has 0 bridgehead atoms. The van der Waals surface area contributed by atoms with E-state index in [0.717, 1.165) is 0 Å². The molecule has 0 unspecified atom stereocenters. The van der Waals surface area contributed by atoms with Gasteiger partial charge in [0, 0.05) is 12.6 Å². The maximum atomic E-state index is 11.0. The lowest BCUT2D eigenvalue weighted by atomic mass is 10.1. The SMILES string of the molecule is CC(=O)Nc1cccc(CO[C@H](C(=O)O)[C@H](N)C(=O)O)c1. The first kappa shape index (κ1) is 16.6. The van der Waals surface area contributed by atoms with E-state index in [1.54, 1.807) is 24.3 Å². The van der Waals surface area contributed by atoms with Gasteiger partial charge in [-0.3, -0.25) is 9.59 Å². The van der Waals surface area contributed by atoms with E-state index in [2.05, 4.69) is 5.32 Å². The Morgan fingerprint density at radius 1 is 1.29 bits per heavy atom. The predicted molar refractivity (Wildman–Crippen MR) is 72.6 cm³/mol. The monoisotopic (exact) mass is 296 g/mol. The number of hydrogen-bond donors (Lipinski definition) is 4. The number of hydrogen-bond acceptors (Lipinski definition) is 5. The van der Waals surface area contributed by atoms with E-state index in [-0.39, 0.29) is 12.5 Å². The van der Waals surface area contributed by atoms with Gasteiger partial charge in [-0.25, -0.2) is 4.79 Å². The number of nitrogens with one attached hydrogen (secondary N) is 1. The molecule has 21 heavy (non-hydrogen) atoms. The molecule has 0 spiro atoms. The number of nitrogens with two attached hydrogens (primary N) is 1. The number of carboxylic acids is 2. The highest BCUT2D eigenvalue weighted by Gasteiger charge is 2.31. The molecule has 1 aromatic rings. The zero-order valence-electron chi connectivity index (χ0n) is 11.3. The van der Waals surface area contributed by atoms with Crippen molar-refractivity contribution in [3.8, 4) is 0 Å². The number of ether oxygens (including phenoxy) is 1. The molecule has 0 aliphatic rings. The Balaban J connectivity index is 2.74. The fourth-order valence-corrected chi connectivity index (χ4v) is 1.59. The molecular formula is C13H16N2O6. The molecule has 5 N–H and O–H groups in total. The Hall–Kier alpha value is -2.45. The smallest absolute Gasteiger partial charge is 0.335 e. The molecule has 0 heterocycles. The van der Waals surface area contributed by atoms with Crippen LogP contribution in [0.2, 0.25) is 0 Å². The van der Waals surface area contributed by atoms with Gasteiger partial charge >= 0.3 is 11.9 Å². The van der Waals surface area contributed by atoms with Crippen LogP contribution in [0.4, 0.5) is 5.69 Å². The topological polar surface area (TPSA) is 139 Å². The predicted octanol–water partition coefficient (Wildman–Crippen LogP) is 0.0267. The Morgan fingerprint density at radius 2 is 1.95 bits per heavy atom. The number of anilines is 1. The number of benzene rings is 1. The summed E-state index contributed by atoms with van der Waals surface area (Å²) in [5.41, 5.74) is 6.36. The minimum absolute atomic E-state index is 0.147. The van der Waals surface area contributed by atoms with Gasteiger partial charge < -0.3 is 26.0 Å². The van der Waals surface area contributed by atoms with Crippen LogP contribution in [0.15, 0.2) is 24.3 Å². The number of carboxylic acid groups (broad SMARTS) is 2. The van der Waals surface area contributed by atoms with E-state index in [1.807, 2.05) is 0 Å². The maximum absolute atomic E-state index is 11.0. The van der Waals surface area contributed by atoms with Crippen molar-refractivity contribution in [1.82, 2.24) is 0 Å². The second-order valence-corrected chi connectivity index (χ2v) is 4.32.